The number of aryl methyl sites for hydroxylation is 1. The van der Waals surface area contributed by atoms with Gasteiger partial charge in [0.25, 0.3) is 5.91 Å². The van der Waals surface area contributed by atoms with Crippen LogP contribution < -0.4 is 15.5 Å². The van der Waals surface area contributed by atoms with Crippen LogP contribution in [0.5, 0.6) is 0 Å². The fourth-order valence-electron chi connectivity index (χ4n) is 4.09. The Kier molecular flexibility index (Phi) is 5.49. The molecule has 5 rings (SSSR count). The molecule has 170 valence electrons. The third-order valence-electron chi connectivity index (χ3n) is 5.86. The van der Waals surface area contributed by atoms with Crippen LogP contribution in [0.1, 0.15) is 43.1 Å². The van der Waals surface area contributed by atoms with Crippen LogP contribution in [0.25, 0.3) is 0 Å². The number of carbonyl (C=O) groups excluding carboxylic acids is 1. The van der Waals surface area contributed by atoms with Crippen molar-refractivity contribution in [2.75, 3.05) is 22.1 Å². The first kappa shape index (κ1) is 21.0. The molecule has 1 aliphatic heterocycles. The van der Waals surface area contributed by atoms with Gasteiger partial charge in [0.05, 0.1) is 17.6 Å². The Hall–Kier alpha value is -3.82. The van der Waals surface area contributed by atoms with E-state index in [1.165, 1.54) is 18.3 Å². The van der Waals surface area contributed by atoms with E-state index in [9.17, 15) is 9.18 Å². The van der Waals surface area contributed by atoms with Crippen molar-refractivity contribution in [3.63, 3.8) is 0 Å². The molecule has 1 amide bonds. The van der Waals surface area contributed by atoms with Crippen molar-refractivity contribution in [1.82, 2.24) is 25.1 Å². The number of fused-ring (bicyclic) bond motifs is 1. The number of aromatic nitrogens is 5. The second-order valence-corrected chi connectivity index (χ2v) is 8.52. The Morgan fingerprint density at radius 1 is 1.27 bits per heavy atom. The Balaban J connectivity index is 1.40. The van der Waals surface area contributed by atoms with Crippen molar-refractivity contribution < 1.29 is 9.18 Å². The van der Waals surface area contributed by atoms with Crippen LogP contribution in [0.4, 0.5) is 27.7 Å². The van der Waals surface area contributed by atoms with Crippen LogP contribution in [0.3, 0.4) is 0 Å². The zero-order valence-electron chi connectivity index (χ0n) is 18.5. The average Bonchev–Trinajstić information content (AvgIpc) is 3.55. The number of carbonyl (C=O) groups is 1. The lowest BCUT2D eigenvalue weighted by Crippen LogP contribution is -2.41. The molecule has 0 aromatic carbocycles. The third kappa shape index (κ3) is 4.28. The van der Waals surface area contributed by atoms with Crippen molar-refractivity contribution in [1.29, 1.82) is 0 Å². The van der Waals surface area contributed by atoms with Crippen molar-refractivity contribution in [2.45, 2.75) is 45.1 Å². The second kappa shape index (κ2) is 8.61. The van der Waals surface area contributed by atoms with E-state index in [2.05, 4.69) is 39.7 Å². The number of halogens is 1. The molecule has 1 atom stereocenters. The van der Waals surface area contributed by atoms with E-state index in [-0.39, 0.29) is 5.91 Å². The maximum Gasteiger partial charge on any atom is 0.251 e. The number of nitrogens with zero attached hydrogens (tertiary/aromatic N) is 5. The fraction of sp³-hybridized carbons (Fsp3) is 0.348. The van der Waals surface area contributed by atoms with E-state index in [0.717, 1.165) is 42.0 Å². The van der Waals surface area contributed by atoms with E-state index in [1.54, 1.807) is 0 Å². The van der Waals surface area contributed by atoms with E-state index in [0.29, 0.717) is 29.9 Å². The third-order valence-corrected chi connectivity index (χ3v) is 5.86. The van der Waals surface area contributed by atoms with Gasteiger partial charge in [-0.25, -0.2) is 9.97 Å². The predicted octanol–water partition coefficient (Wildman–Crippen LogP) is 3.47. The standard InChI is InChI=1S/C23H25FN8O/c1-13(2)17-11-20(31-30-17)28-21-15-5-3-6-16(15)27-23(29-21)32-10-4-7-18(32)22(33)26-14-8-9-19(24)25-12-14/h4,7-9,11-13,18H,3,5-6,10H2,1-2H3,(H,26,33)(H2,27,28,29,30,31). The summed E-state index contributed by atoms with van der Waals surface area (Å²) in [5.74, 6) is 1.40. The number of rotatable bonds is 6. The van der Waals surface area contributed by atoms with Crippen LogP contribution in [-0.2, 0) is 17.6 Å². The van der Waals surface area contributed by atoms with Crippen molar-refractivity contribution in [3.05, 3.63) is 59.4 Å². The quantitative estimate of drug-likeness (QED) is 0.391. The minimum Gasteiger partial charge on any atom is -0.323 e. The van der Waals surface area contributed by atoms with E-state index < -0.39 is 12.0 Å². The lowest BCUT2D eigenvalue weighted by atomic mass is 10.1. The molecule has 0 saturated carbocycles. The van der Waals surface area contributed by atoms with Gasteiger partial charge in [-0.3, -0.25) is 9.89 Å². The Labute approximate surface area is 190 Å². The van der Waals surface area contributed by atoms with Crippen molar-refractivity contribution in [3.8, 4) is 0 Å². The maximum atomic E-state index is 13.1. The number of hydrogen-bond acceptors (Lipinski definition) is 7. The molecule has 9 nitrogen and oxygen atoms in total. The molecule has 3 aromatic rings. The molecular formula is C23H25FN8O. The van der Waals surface area contributed by atoms with E-state index in [4.69, 9.17) is 9.97 Å². The number of H-pyrrole nitrogens is 1. The first-order chi connectivity index (χ1) is 16.0. The first-order valence-corrected chi connectivity index (χ1v) is 11.1. The number of anilines is 4. The summed E-state index contributed by atoms with van der Waals surface area (Å²) < 4.78 is 13.1. The highest BCUT2D eigenvalue weighted by Crippen LogP contribution is 2.32. The van der Waals surface area contributed by atoms with Crippen molar-refractivity contribution >= 4 is 29.2 Å². The molecule has 33 heavy (non-hydrogen) atoms. The van der Waals surface area contributed by atoms with Gasteiger partial charge in [-0.15, -0.1) is 0 Å². The van der Waals surface area contributed by atoms with Crippen LogP contribution in [0.15, 0.2) is 36.5 Å². The lowest BCUT2D eigenvalue weighted by molar-refractivity contribution is -0.116. The Morgan fingerprint density at radius 2 is 2.15 bits per heavy atom. The molecule has 4 heterocycles. The molecule has 0 radical (unpaired) electrons. The van der Waals surface area contributed by atoms with Gasteiger partial charge in [0.15, 0.2) is 5.82 Å². The maximum absolute atomic E-state index is 13.1. The zero-order valence-corrected chi connectivity index (χ0v) is 18.5. The number of nitrogens with one attached hydrogen (secondary N) is 3. The molecule has 0 fully saturated rings. The second-order valence-electron chi connectivity index (χ2n) is 8.52. The Bertz CT molecular complexity index is 1200. The summed E-state index contributed by atoms with van der Waals surface area (Å²) in [6, 6.07) is 4.09. The minimum absolute atomic E-state index is 0.260. The number of amides is 1. The van der Waals surface area contributed by atoms with Crippen LogP contribution >= 0.6 is 0 Å². The molecule has 2 aliphatic rings. The Morgan fingerprint density at radius 3 is 2.91 bits per heavy atom. The summed E-state index contributed by atoms with van der Waals surface area (Å²) in [6.45, 7) is 4.72. The van der Waals surface area contributed by atoms with E-state index >= 15 is 0 Å². The van der Waals surface area contributed by atoms with Gasteiger partial charge >= 0.3 is 0 Å². The number of aromatic amines is 1. The van der Waals surface area contributed by atoms with E-state index in [1.807, 2.05) is 23.1 Å². The molecule has 3 N–H and O–H groups in total. The zero-order chi connectivity index (χ0) is 22.9. The van der Waals surface area contributed by atoms with Gasteiger partial charge in [0.2, 0.25) is 11.9 Å². The SMILES string of the molecule is CC(C)c1cc(Nc2nc(N3CC=CC3C(=O)Nc3ccc(F)nc3)nc3c2CCC3)n[nH]1. The topological polar surface area (TPSA) is 112 Å². The molecule has 0 spiro atoms. The van der Waals surface area contributed by atoms with Crippen molar-refractivity contribution in [2.24, 2.45) is 0 Å². The smallest absolute Gasteiger partial charge is 0.251 e. The highest BCUT2D eigenvalue weighted by atomic mass is 19.1. The molecular weight excluding hydrogens is 423 g/mol. The summed E-state index contributed by atoms with van der Waals surface area (Å²) >= 11 is 0. The molecule has 3 aromatic heterocycles. The summed E-state index contributed by atoms with van der Waals surface area (Å²) in [5, 5.41) is 13.5. The lowest BCUT2D eigenvalue weighted by Gasteiger charge is -2.25. The molecule has 0 bridgehead atoms. The fourth-order valence-corrected chi connectivity index (χ4v) is 4.09. The predicted molar refractivity (Wildman–Crippen MR) is 123 cm³/mol. The molecule has 1 aliphatic carbocycles. The van der Waals surface area contributed by atoms with Gasteiger partial charge in [-0.1, -0.05) is 26.0 Å². The summed E-state index contributed by atoms with van der Waals surface area (Å²) in [4.78, 5) is 28.0. The molecule has 1 unspecified atom stereocenters. The van der Waals surface area contributed by atoms with Crippen LogP contribution in [0, 0.1) is 5.95 Å². The van der Waals surface area contributed by atoms with Gasteiger partial charge in [-0.2, -0.15) is 14.5 Å². The number of hydrogen-bond donors (Lipinski definition) is 3. The van der Waals surface area contributed by atoms with Gasteiger partial charge in [0, 0.05) is 23.9 Å². The van der Waals surface area contributed by atoms with Gasteiger partial charge < -0.3 is 15.5 Å². The number of pyridine rings is 1. The van der Waals surface area contributed by atoms with Crippen LogP contribution in [0.2, 0.25) is 0 Å². The molecule has 10 heteroatoms. The average molecular weight is 449 g/mol. The summed E-state index contributed by atoms with van der Waals surface area (Å²) in [5.41, 5.74) is 3.56. The summed E-state index contributed by atoms with van der Waals surface area (Å²) in [6.07, 6.45) is 7.81. The van der Waals surface area contributed by atoms with Gasteiger partial charge in [0.1, 0.15) is 11.9 Å². The first-order valence-electron chi connectivity index (χ1n) is 11.1. The normalized spacial score (nSPS) is 17.0. The monoisotopic (exact) mass is 448 g/mol. The molecule has 0 saturated heterocycles. The highest BCUT2D eigenvalue weighted by molar-refractivity contribution is 5.98. The highest BCUT2D eigenvalue weighted by Gasteiger charge is 2.31. The van der Waals surface area contributed by atoms with Gasteiger partial charge in [-0.05, 0) is 37.3 Å². The summed E-state index contributed by atoms with van der Waals surface area (Å²) in [7, 11) is 0. The minimum atomic E-state index is -0.598. The largest absolute Gasteiger partial charge is 0.323 e. The van der Waals surface area contributed by atoms with Crippen LogP contribution in [-0.4, -0.2) is 43.6 Å².